The van der Waals surface area contributed by atoms with Gasteiger partial charge in [-0.2, -0.15) is 5.10 Å². The van der Waals surface area contributed by atoms with E-state index in [1.807, 2.05) is 23.0 Å². The summed E-state index contributed by atoms with van der Waals surface area (Å²) in [7, 11) is 0. The molecule has 1 aliphatic carbocycles. The van der Waals surface area contributed by atoms with Crippen molar-refractivity contribution in [1.82, 2.24) is 15.1 Å². The lowest BCUT2D eigenvalue weighted by Crippen LogP contribution is -2.14. The molecule has 19 heavy (non-hydrogen) atoms. The molecule has 3 rings (SSSR count). The van der Waals surface area contributed by atoms with Gasteiger partial charge in [0.25, 0.3) is 0 Å². The van der Waals surface area contributed by atoms with Gasteiger partial charge in [-0.15, -0.1) is 0 Å². The summed E-state index contributed by atoms with van der Waals surface area (Å²) >= 11 is 6.32. The van der Waals surface area contributed by atoms with Crippen LogP contribution in [0.4, 0.5) is 0 Å². The van der Waals surface area contributed by atoms with Crippen molar-refractivity contribution in [2.24, 2.45) is 0 Å². The zero-order chi connectivity index (χ0) is 13.2. The molecule has 1 N–H and O–H groups in total. The maximum atomic E-state index is 6.32. The second kappa shape index (κ2) is 5.35. The third-order valence-electron chi connectivity index (χ3n) is 3.50. The molecule has 3 nitrogen and oxygen atoms in total. The number of hydrogen-bond donors (Lipinski definition) is 1. The van der Waals surface area contributed by atoms with E-state index in [1.54, 1.807) is 0 Å². The molecular weight excluding hydrogens is 258 g/mol. The fraction of sp³-hybridized carbons (Fsp3) is 0.400. The molecule has 2 aromatic rings. The Morgan fingerprint density at radius 1 is 1.37 bits per heavy atom. The van der Waals surface area contributed by atoms with Crippen molar-refractivity contribution in [2.75, 3.05) is 6.54 Å². The number of hydrogen-bond acceptors (Lipinski definition) is 2. The number of aromatic nitrogens is 2. The number of halogens is 1. The van der Waals surface area contributed by atoms with Crippen LogP contribution >= 0.6 is 11.6 Å². The number of benzene rings is 1. The first kappa shape index (κ1) is 12.7. The molecule has 0 spiro atoms. The number of rotatable bonds is 5. The predicted octanol–water partition coefficient (Wildman–Crippen LogP) is 3.51. The van der Waals surface area contributed by atoms with Crippen molar-refractivity contribution < 1.29 is 0 Å². The molecule has 1 heterocycles. The molecule has 1 aromatic heterocycles. The molecule has 0 radical (unpaired) electrons. The Hall–Kier alpha value is -1.32. The lowest BCUT2D eigenvalue weighted by molar-refractivity contribution is 0.715. The Kier molecular flexibility index (Phi) is 3.58. The zero-order valence-electron chi connectivity index (χ0n) is 11.1. The van der Waals surface area contributed by atoms with Crippen molar-refractivity contribution >= 4 is 11.6 Å². The monoisotopic (exact) mass is 275 g/mol. The molecule has 1 aromatic carbocycles. The first-order valence-corrected chi connectivity index (χ1v) is 7.21. The van der Waals surface area contributed by atoms with Gasteiger partial charge >= 0.3 is 0 Å². The molecule has 1 saturated carbocycles. The van der Waals surface area contributed by atoms with Gasteiger partial charge in [-0.05, 0) is 37.6 Å². The molecule has 0 bridgehead atoms. The second-order valence-electron chi connectivity index (χ2n) is 4.98. The van der Waals surface area contributed by atoms with Gasteiger partial charge in [-0.1, -0.05) is 24.6 Å². The summed E-state index contributed by atoms with van der Waals surface area (Å²) in [6.07, 6.45) is 4.59. The maximum absolute atomic E-state index is 6.32. The van der Waals surface area contributed by atoms with Crippen LogP contribution in [0.1, 0.15) is 36.9 Å². The molecule has 100 valence electrons. The van der Waals surface area contributed by atoms with Crippen molar-refractivity contribution in [1.29, 1.82) is 0 Å². The summed E-state index contributed by atoms with van der Waals surface area (Å²) in [5.41, 5.74) is 3.38. The van der Waals surface area contributed by atoms with E-state index in [0.717, 1.165) is 29.4 Å². The highest BCUT2D eigenvalue weighted by atomic mass is 35.5. The summed E-state index contributed by atoms with van der Waals surface area (Å²) in [5, 5.41) is 8.81. The highest BCUT2D eigenvalue weighted by Crippen LogP contribution is 2.39. The maximum Gasteiger partial charge on any atom is 0.0705 e. The lowest BCUT2D eigenvalue weighted by atomic mass is 10.1. The smallest absolute Gasteiger partial charge is 0.0705 e. The number of nitrogens with zero attached hydrogens (tertiary/aromatic N) is 2. The van der Waals surface area contributed by atoms with E-state index in [1.165, 1.54) is 18.5 Å². The van der Waals surface area contributed by atoms with Crippen LogP contribution in [0.25, 0.3) is 5.69 Å². The molecule has 0 amide bonds. The topological polar surface area (TPSA) is 29.9 Å². The molecule has 0 unspecified atom stereocenters. The van der Waals surface area contributed by atoms with Gasteiger partial charge in [0.05, 0.1) is 11.4 Å². The summed E-state index contributed by atoms with van der Waals surface area (Å²) in [5.74, 6) is 0.678. The van der Waals surface area contributed by atoms with E-state index in [9.17, 15) is 0 Å². The Morgan fingerprint density at radius 3 is 2.95 bits per heavy atom. The Morgan fingerprint density at radius 2 is 2.21 bits per heavy atom. The van der Waals surface area contributed by atoms with E-state index in [0.29, 0.717) is 5.92 Å². The van der Waals surface area contributed by atoms with Gasteiger partial charge in [0.1, 0.15) is 0 Å². The first-order valence-electron chi connectivity index (χ1n) is 6.83. The molecule has 1 aliphatic rings. The summed E-state index contributed by atoms with van der Waals surface area (Å²) in [4.78, 5) is 0. The zero-order valence-corrected chi connectivity index (χ0v) is 11.8. The van der Waals surface area contributed by atoms with Gasteiger partial charge < -0.3 is 5.32 Å². The molecule has 1 fully saturated rings. The minimum absolute atomic E-state index is 0.678. The average molecular weight is 276 g/mol. The van der Waals surface area contributed by atoms with E-state index in [-0.39, 0.29) is 0 Å². The van der Waals surface area contributed by atoms with Gasteiger partial charge in [0.2, 0.25) is 0 Å². The van der Waals surface area contributed by atoms with Gasteiger partial charge in [-0.3, -0.25) is 0 Å². The van der Waals surface area contributed by atoms with Crippen molar-refractivity contribution in [3.63, 3.8) is 0 Å². The standard InChI is InChI=1S/C15H18ClN3/c1-2-17-10-12-13(16)4-3-5-15(12)19-9-8-14(18-19)11-6-7-11/h3-5,8-9,11,17H,2,6-7,10H2,1H3. The highest BCUT2D eigenvalue weighted by molar-refractivity contribution is 6.31. The SMILES string of the molecule is CCNCc1c(Cl)cccc1-n1ccc(C2CC2)n1. The first-order chi connectivity index (χ1) is 9.29. The van der Waals surface area contributed by atoms with E-state index >= 15 is 0 Å². The summed E-state index contributed by atoms with van der Waals surface area (Å²) < 4.78 is 1.95. The highest BCUT2D eigenvalue weighted by Gasteiger charge is 2.26. The Bertz CT molecular complexity index is 573. The van der Waals surface area contributed by atoms with Crippen molar-refractivity contribution in [2.45, 2.75) is 32.2 Å². The third-order valence-corrected chi connectivity index (χ3v) is 3.85. The van der Waals surface area contributed by atoms with Gasteiger partial charge in [-0.25, -0.2) is 4.68 Å². The fourth-order valence-electron chi connectivity index (χ4n) is 2.26. The van der Waals surface area contributed by atoms with E-state index < -0.39 is 0 Å². The lowest BCUT2D eigenvalue weighted by Gasteiger charge is -2.11. The Labute approximate surface area is 118 Å². The van der Waals surface area contributed by atoms with Gasteiger partial charge in [0.15, 0.2) is 0 Å². The van der Waals surface area contributed by atoms with Crippen LogP contribution in [-0.4, -0.2) is 16.3 Å². The van der Waals surface area contributed by atoms with Crippen LogP contribution in [0.3, 0.4) is 0 Å². The quantitative estimate of drug-likeness (QED) is 0.905. The van der Waals surface area contributed by atoms with Crippen LogP contribution < -0.4 is 5.32 Å². The Balaban J connectivity index is 1.95. The summed E-state index contributed by atoms with van der Waals surface area (Å²) in [6, 6.07) is 8.10. The molecule has 0 aliphatic heterocycles. The number of nitrogens with one attached hydrogen (secondary N) is 1. The molecule has 4 heteroatoms. The largest absolute Gasteiger partial charge is 0.313 e. The molecule has 0 atom stereocenters. The fourth-order valence-corrected chi connectivity index (χ4v) is 2.49. The third kappa shape index (κ3) is 2.67. The van der Waals surface area contributed by atoms with Crippen LogP contribution in [0.5, 0.6) is 0 Å². The van der Waals surface area contributed by atoms with Crippen LogP contribution in [0.15, 0.2) is 30.5 Å². The molecular formula is C15H18ClN3. The van der Waals surface area contributed by atoms with Crippen molar-refractivity contribution in [3.8, 4) is 5.69 Å². The normalized spacial score (nSPS) is 14.8. The molecule has 0 saturated heterocycles. The minimum Gasteiger partial charge on any atom is -0.313 e. The van der Waals surface area contributed by atoms with Crippen LogP contribution in [0.2, 0.25) is 5.02 Å². The average Bonchev–Trinajstić information content (AvgIpc) is 3.15. The van der Waals surface area contributed by atoms with E-state index in [2.05, 4.69) is 29.5 Å². The van der Waals surface area contributed by atoms with Crippen LogP contribution in [-0.2, 0) is 6.54 Å². The van der Waals surface area contributed by atoms with E-state index in [4.69, 9.17) is 11.6 Å². The predicted molar refractivity (Wildman–Crippen MR) is 77.9 cm³/mol. The second-order valence-corrected chi connectivity index (χ2v) is 5.38. The van der Waals surface area contributed by atoms with Crippen LogP contribution in [0, 0.1) is 0 Å². The van der Waals surface area contributed by atoms with Gasteiger partial charge in [0, 0.05) is 29.2 Å². The minimum atomic E-state index is 0.678. The van der Waals surface area contributed by atoms with Crippen molar-refractivity contribution in [3.05, 3.63) is 46.7 Å². The summed E-state index contributed by atoms with van der Waals surface area (Å²) in [6.45, 7) is 3.79.